The molecular weight excluding hydrogens is 362 g/mol. The molecule has 148 valence electrons. The maximum absolute atomic E-state index is 11.3. The Morgan fingerprint density at radius 2 is 2.07 bits per heavy atom. The minimum atomic E-state index is -0.353. The molecule has 0 unspecified atom stereocenters. The Bertz CT molecular complexity index is 865. The zero-order valence-corrected chi connectivity index (χ0v) is 15.8. The van der Waals surface area contributed by atoms with E-state index in [1.807, 2.05) is 12.1 Å². The van der Waals surface area contributed by atoms with Crippen molar-refractivity contribution in [1.82, 2.24) is 0 Å². The number of rotatable bonds is 5. The lowest BCUT2D eigenvalue weighted by Crippen LogP contribution is -3.13. The van der Waals surface area contributed by atoms with Crippen molar-refractivity contribution in [2.45, 2.75) is 13.2 Å². The van der Waals surface area contributed by atoms with Crippen LogP contribution in [0.15, 0.2) is 36.4 Å². The molecule has 0 bridgehead atoms. The lowest BCUT2D eigenvalue weighted by Gasteiger charge is -2.34. The number of hydrogen-bond acceptors (Lipinski definition) is 6. The third-order valence-corrected chi connectivity index (χ3v) is 5.31. The highest BCUT2D eigenvalue weighted by Gasteiger charge is 2.26. The average molecular weight is 386 g/mol. The maximum atomic E-state index is 11.3. The zero-order valence-electron chi connectivity index (χ0n) is 15.8. The van der Waals surface area contributed by atoms with Crippen molar-refractivity contribution in [1.29, 1.82) is 0 Å². The number of benzene rings is 2. The lowest BCUT2D eigenvalue weighted by atomic mass is 10.1. The van der Waals surface area contributed by atoms with Crippen LogP contribution in [0.3, 0.4) is 0 Å². The number of nitro groups is 1. The van der Waals surface area contributed by atoms with Gasteiger partial charge in [0.25, 0.3) is 5.69 Å². The molecule has 1 saturated heterocycles. The highest BCUT2D eigenvalue weighted by atomic mass is 16.7. The number of quaternary nitrogens is 1. The van der Waals surface area contributed by atoms with Gasteiger partial charge in [-0.1, -0.05) is 6.07 Å². The van der Waals surface area contributed by atoms with Crippen molar-refractivity contribution < 1.29 is 24.0 Å². The number of nitro benzene ring substituents is 1. The number of nitrogens with zero attached hydrogens (tertiary/aromatic N) is 2. The number of nitrogens with one attached hydrogen (secondary N) is 1. The van der Waals surface area contributed by atoms with E-state index in [0.717, 1.165) is 54.5 Å². The number of anilines is 1. The van der Waals surface area contributed by atoms with E-state index < -0.39 is 0 Å². The molecule has 0 amide bonds. The Morgan fingerprint density at radius 3 is 2.82 bits per heavy atom. The molecule has 2 heterocycles. The van der Waals surface area contributed by atoms with E-state index in [1.54, 1.807) is 19.2 Å². The molecule has 2 aliphatic rings. The summed E-state index contributed by atoms with van der Waals surface area (Å²) in [7, 11) is 1.67. The van der Waals surface area contributed by atoms with Crippen LogP contribution in [0.5, 0.6) is 11.5 Å². The number of non-ortho nitro benzene ring substituents is 1. The number of ether oxygens (including phenoxy) is 3. The van der Waals surface area contributed by atoms with Gasteiger partial charge in [-0.3, -0.25) is 10.1 Å². The lowest BCUT2D eigenvalue weighted by molar-refractivity contribution is -0.914. The van der Waals surface area contributed by atoms with Crippen molar-refractivity contribution in [3.63, 3.8) is 0 Å². The van der Waals surface area contributed by atoms with E-state index >= 15 is 0 Å². The van der Waals surface area contributed by atoms with Crippen LogP contribution in [0.25, 0.3) is 0 Å². The molecule has 0 spiro atoms. The zero-order chi connectivity index (χ0) is 19.5. The normalized spacial score (nSPS) is 17.0. The first-order valence-electron chi connectivity index (χ1n) is 9.37. The molecule has 0 radical (unpaired) electrons. The highest BCUT2D eigenvalue weighted by molar-refractivity contribution is 5.51. The molecule has 2 aliphatic heterocycles. The van der Waals surface area contributed by atoms with Crippen molar-refractivity contribution in [2.24, 2.45) is 0 Å². The van der Waals surface area contributed by atoms with Crippen LogP contribution in [-0.4, -0.2) is 45.0 Å². The SMILES string of the molecule is COc1cccc(N2CC[NH+](Cc3cc([N+](=O)[O-])cc4c3OCOC4)CC2)c1. The molecule has 0 aliphatic carbocycles. The molecule has 0 saturated carbocycles. The van der Waals surface area contributed by atoms with Crippen molar-refractivity contribution in [3.8, 4) is 11.5 Å². The predicted molar refractivity (Wildman–Crippen MR) is 103 cm³/mol. The molecular formula is C20H24N3O5+. The molecule has 8 heteroatoms. The van der Waals surface area contributed by atoms with Gasteiger partial charge in [-0.25, -0.2) is 0 Å². The molecule has 1 fully saturated rings. The largest absolute Gasteiger partial charge is 0.497 e. The molecule has 2 aromatic carbocycles. The molecule has 1 N–H and O–H groups in total. The third kappa shape index (κ3) is 3.88. The van der Waals surface area contributed by atoms with Gasteiger partial charge in [0.1, 0.15) is 18.0 Å². The molecule has 4 rings (SSSR count). The third-order valence-electron chi connectivity index (χ3n) is 5.31. The van der Waals surface area contributed by atoms with Crippen LogP contribution in [-0.2, 0) is 17.9 Å². The van der Waals surface area contributed by atoms with Gasteiger partial charge in [-0.05, 0) is 12.1 Å². The molecule has 0 atom stereocenters. The number of hydrogen-bond donors (Lipinski definition) is 1. The van der Waals surface area contributed by atoms with Crippen LogP contribution >= 0.6 is 0 Å². The van der Waals surface area contributed by atoms with Gasteiger partial charge < -0.3 is 24.0 Å². The fourth-order valence-electron chi connectivity index (χ4n) is 3.85. The molecule has 2 aromatic rings. The Morgan fingerprint density at radius 1 is 1.25 bits per heavy atom. The van der Waals surface area contributed by atoms with Crippen LogP contribution in [0.2, 0.25) is 0 Å². The maximum Gasteiger partial charge on any atom is 0.270 e. The minimum Gasteiger partial charge on any atom is -0.497 e. The van der Waals surface area contributed by atoms with Gasteiger partial charge >= 0.3 is 0 Å². The molecule has 28 heavy (non-hydrogen) atoms. The summed E-state index contributed by atoms with van der Waals surface area (Å²) in [5.41, 5.74) is 2.89. The number of fused-ring (bicyclic) bond motifs is 1. The van der Waals surface area contributed by atoms with E-state index in [-0.39, 0.29) is 17.4 Å². The van der Waals surface area contributed by atoms with E-state index in [0.29, 0.717) is 13.2 Å². The van der Waals surface area contributed by atoms with Crippen molar-refractivity contribution in [3.05, 3.63) is 57.6 Å². The molecule has 8 nitrogen and oxygen atoms in total. The van der Waals surface area contributed by atoms with E-state index in [9.17, 15) is 10.1 Å². The van der Waals surface area contributed by atoms with Crippen LogP contribution in [0, 0.1) is 10.1 Å². The average Bonchev–Trinajstić information content (AvgIpc) is 2.74. The standard InChI is InChI=1S/C20H23N3O5/c1-26-19-4-2-3-17(11-19)22-7-5-21(6-8-22)12-15-9-18(23(24)25)10-16-13-27-14-28-20(15)16/h2-4,9-11H,5-8,12-14H2,1H3/p+1. The van der Waals surface area contributed by atoms with Crippen molar-refractivity contribution in [2.75, 3.05) is 45.0 Å². The smallest absolute Gasteiger partial charge is 0.270 e. The van der Waals surface area contributed by atoms with E-state index in [2.05, 4.69) is 17.0 Å². The molecule has 0 aromatic heterocycles. The summed E-state index contributed by atoms with van der Waals surface area (Å²) in [4.78, 5) is 14.7. The second kappa shape index (κ2) is 8.04. The summed E-state index contributed by atoms with van der Waals surface area (Å²) in [5, 5.41) is 11.3. The van der Waals surface area contributed by atoms with Gasteiger partial charge in [-0.15, -0.1) is 0 Å². The number of methoxy groups -OCH3 is 1. The summed E-state index contributed by atoms with van der Waals surface area (Å²) in [5.74, 6) is 1.61. The number of piperazine rings is 1. The summed E-state index contributed by atoms with van der Waals surface area (Å²) in [6.45, 7) is 4.99. The van der Waals surface area contributed by atoms with Gasteiger partial charge in [0.15, 0.2) is 6.79 Å². The Labute approximate surface area is 163 Å². The minimum absolute atomic E-state index is 0.0947. The summed E-state index contributed by atoms with van der Waals surface area (Å²) in [6, 6.07) is 11.3. The van der Waals surface area contributed by atoms with Gasteiger partial charge in [0.2, 0.25) is 0 Å². The first kappa shape index (κ1) is 18.5. The fourth-order valence-corrected chi connectivity index (χ4v) is 3.85. The Kier molecular flexibility index (Phi) is 5.31. The first-order chi connectivity index (χ1) is 13.6. The van der Waals surface area contributed by atoms with Gasteiger partial charge in [-0.2, -0.15) is 0 Å². The van der Waals surface area contributed by atoms with Crippen LogP contribution < -0.4 is 19.3 Å². The van der Waals surface area contributed by atoms with Crippen LogP contribution in [0.4, 0.5) is 11.4 Å². The first-order valence-corrected chi connectivity index (χ1v) is 9.37. The fraction of sp³-hybridized carbons (Fsp3) is 0.400. The van der Waals surface area contributed by atoms with Crippen LogP contribution in [0.1, 0.15) is 11.1 Å². The predicted octanol–water partition coefficient (Wildman–Crippen LogP) is 1.37. The van der Waals surface area contributed by atoms with Gasteiger partial charge in [0.05, 0.1) is 50.4 Å². The quantitative estimate of drug-likeness (QED) is 0.618. The summed E-state index contributed by atoms with van der Waals surface area (Å²) in [6.07, 6.45) is 0. The second-order valence-corrected chi connectivity index (χ2v) is 7.08. The topological polar surface area (TPSA) is 78.5 Å². The van der Waals surface area contributed by atoms with Gasteiger partial charge in [0, 0.05) is 29.4 Å². The van der Waals surface area contributed by atoms with Crippen molar-refractivity contribution >= 4 is 11.4 Å². The summed E-state index contributed by atoms with van der Waals surface area (Å²) >= 11 is 0. The van der Waals surface area contributed by atoms with E-state index in [4.69, 9.17) is 14.2 Å². The highest BCUT2D eigenvalue weighted by Crippen LogP contribution is 2.32. The Balaban J connectivity index is 1.46. The monoisotopic (exact) mass is 386 g/mol. The Hall–Kier alpha value is -2.84. The summed E-state index contributed by atoms with van der Waals surface area (Å²) < 4.78 is 16.3. The van der Waals surface area contributed by atoms with E-state index in [1.165, 1.54) is 4.90 Å². The second-order valence-electron chi connectivity index (χ2n) is 7.08.